The molecule has 0 amide bonds. The molecule has 0 radical (unpaired) electrons. The molecule has 3 heteroatoms. The van der Waals surface area contributed by atoms with Gasteiger partial charge in [0, 0.05) is 16.8 Å². The van der Waals surface area contributed by atoms with Gasteiger partial charge in [0.05, 0.1) is 0 Å². The zero-order valence-corrected chi connectivity index (χ0v) is 18.4. The Morgan fingerprint density at radius 2 is 0.844 bits per heavy atom. The molecular formula is C29H22NOP. The average Bonchev–Trinajstić information content (AvgIpc) is 2.90. The van der Waals surface area contributed by atoms with Gasteiger partial charge in [0.1, 0.15) is 5.44 Å². The first-order valence-electron chi connectivity index (χ1n) is 10.6. The monoisotopic (exact) mass is 431 g/mol. The lowest BCUT2D eigenvalue weighted by Crippen LogP contribution is -2.26. The van der Waals surface area contributed by atoms with Crippen molar-refractivity contribution in [3.8, 4) is 22.3 Å². The fourth-order valence-electron chi connectivity index (χ4n) is 3.94. The van der Waals surface area contributed by atoms with Crippen LogP contribution in [0.4, 0.5) is 0 Å². The molecule has 0 aliphatic carbocycles. The Bertz CT molecular complexity index is 1260. The lowest BCUT2D eigenvalue weighted by atomic mass is 10.1. The Labute approximate surface area is 188 Å². The van der Waals surface area contributed by atoms with Gasteiger partial charge in [-0.2, -0.15) is 0 Å². The fraction of sp³-hybridized carbons (Fsp3) is 0. The summed E-state index contributed by atoms with van der Waals surface area (Å²) in [5.74, 6) is 0. The van der Waals surface area contributed by atoms with E-state index >= 15 is 0 Å². The number of hydrogen-bond acceptors (Lipinski definition) is 2. The van der Waals surface area contributed by atoms with Crippen molar-refractivity contribution in [1.29, 1.82) is 0 Å². The van der Waals surface area contributed by atoms with Crippen molar-refractivity contribution in [2.24, 2.45) is 0 Å². The van der Waals surface area contributed by atoms with Crippen LogP contribution in [-0.2, 0) is 4.57 Å². The van der Waals surface area contributed by atoms with E-state index in [2.05, 4.69) is 29.2 Å². The molecule has 154 valence electrons. The predicted molar refractivity (Wildman–Crippen MR) is 135 cm³/mol. The highest BCUT2D eigenvalue weighted by Gasteiger charge is 2.31. The summed E-state index contributed by atoms with van der Waals surface area (Å²) in [5.41, 5.74) is 5.07. The highest BCUT2D eigenvalue weighted by Crippen LogP contribution is 2.42. The molecule has 5 rings (SSSR count). The van der Waals surface area contributed by atoms with Crippen molar-refractivity contribution in [1.82, 2.24) is 4.98 Å². The van der Waals surface area contributed by atoms with Gasteiger partial charge in [-0.3, -0.25) is 4.98 Å². The van der Waals surface area contributed by atoms with E-state index < -0.39 is 7.14 Å². The molecule has 0 spiro atoms. The van der Waals surface area contributed by atoms with Crippen LogP contribution in [0.3, 0.4) is 0 Å². The number of nitrogens with zero attached hydrogens (tertiary/aromatic N) is 1. The molecule has 0 aliphatic heterocycles. The molecule has 5 aromatic rings. The van der Waals surface area contributed by atoms with E-state index in [1.807, 2.05) is 103 Å². The summed E-state index contributed by atoms with van der Waals surface area (Å²) in [5, 5.41) is 1.56. The van der Waals surface area contributed by atoms with Crippen LogP contribution < -0.4 is 16.0 Å². The maximum absolute atomic E-state index is 14.7. The molecular weight excluding hydrogens is 409 g/mol. The van der Waals surface area contributed by atoms with E-state index in [1.165, 1.54) is 0 Å². The predicted octanol–water partition coefficient (Wildman–Crippen LogP) is 6.06. The van der Waals surface area contributed by atoms with Gasteiger partial charge in [-0.15, -0.1) is 0 Å². The van der Waals surface area contributed by atoms with Crippen molar-refractivity contribution in [2.75, 3.05) is 0 Å². The second-order valence-electron chi connectivity index (χ2n) is 7.62. The van der Waals surface area contributed by atoms with E-state index in [9.17, 15) is 4.57 Å². The van der Waals surface area contributed by atoms with E-state index in [4.69, 9.17) is 0 Å². The van der Waals surface area contributed by atoms with Crippen LogP contribution >= 0.6 is 7.14 Å². The second-order valence-corrected chi connectivity index (χ2v) is 10.3. The Balaban J connectivity index is 1.59. The highest BCUT2D eigenvalue weighted by atomic mass is 31.2. The van der Waals surface area contributed by atoms with E-state index in [-0.39, 0.29) is 0 Å². The first-order chi connectivity index (χ1) is 15.7. The first kappa shape index (κ1) is 20.2. The van der Waals surface area contributed by atoms with Gasteiger partial charge in [0.25, 0.3) is 0 Å². The van der Waals surface area contributed by atoms with Crippen LogP contribution in [0.1, 0.15) is 0 Å². The van der Waals surface area contributed by atoms with Crippen LogP contribution in [0.5, 0.6) is 0 Å². The standard InChI is InChI=1S/C29H22NOP/c31-32(29-13-7-8-22-30-29,27-18-14-25(15-19-27)23-9-3-1-4-10-23)28-20-16-26(17-21-28)24-11-5-2-6-12-24/h1-22H. The molecule has 1 heterocycles. The molecule has 32 heavy (non-hydrogen) atoms. The van der Waals surface area contributed by atoms with Gasteiger partial charge >= 0.3 is 0 Å². The summed E-state index contributed by atoms with van der Waals surface area (Å²) >= 11 is 0. The van der Waals surface area contributed by atoms with Gasteiger partial charge in [-0.25, -0.2) is 0 Å². The first-order valence-corrected chi connectivity index (χ1v) is 12.3. The minimum absolute atomic E-state index is 0.597. The molecule has 0 aliphatic rings. The van der Waals surface area contributed by atoms with Crippen LogP contribution in [-0.4, -0.2) is 4.98 Å². The smallest absolute Gasteiger partial charge is 0.188 e. The third kappa shape index (κ3) is 3.82. The number of pyridine rings is 1. The van der Waals surface area contributed by atoms with Gasteiger partial charge in [0.2, 0.25) is 0 Å². The van der Waals surface area contributed by atoms with E-state index in [0.29, 0.717) is 5.44 Å². The highest BCUT2D eigenvalue weighted by molar-refractivity contribution is 7.85. The minimum atomic E-state index is -3.11. The molecule has 0 unspecified atom stereocenters. The number of aromatic nitrogens is 1. The quantitative estimate of drug-likeness (QED) is 0.317. The van der Waals surface area contributed by atoms with Crippen molar-refractivity contribution >= 4 is 23.2 Å². The molecule has 1 aromatic heterocycles. The summed E-state index contributed by atoms with van der Waals surface area (Å²) in [6.45, 7) is 0. The molecule has 0 fully saturated rings. The number of hydrogen-bond donors (Lipinski definition) is 0. The summed E-state index contributed by atoms with van der Waals surface area (Å²) < 4.78 is 14.7. The normalized spacial score (nSPS) is 11.2. The van der Waals surface area contributed by atoms with Crippen LogP contribution in [0.2, 0.25) is 0 Å². The molecule has 0 atom stereocenters. The summed E-state index contributed by atoms with van der Waals surface area (Å²) in [6.07, 6.45) is 1.71. The maximum atomic E-state index is 14.7. The molecule has 4 aromatic carbocycles. The maximum Gasteiger partial charge on any atom is 0.188 e. The average molecular weight is 431 g/mol. The Kier molecular flexibility index (Phi) is 5.54. The molecule has 0 saturated heterocycles. The lowest BCUT2D eigenvalue weighted by molar-refractivity contribution is 0.592. The Hall–Kier alpha value is -3.74. The van der Waals surface area contributed by atoms with Gasteiger partial charge in [0.15, 0.2) is 7.14 Å². The van der Waals surface area contributed by atoms with Crippen LogP contribution in [0.25, 0.3) is 22.3 Å². The SMILES string of the molecule is O=P(c1ccc(-c2ccccc2)cc1)(c1ccc(-c2ccccc2)cc1)c1ccccn1. The molecule has 0 N–H and O–H groups in total. The summed E-state index contributed by atoms with van der Waals surface area (Å²) in [6, 6.07) is 42.1. The second kappa shape index (κ2) is 8.78. The Morgan fingerprint density at radius 3 is 1.25 bits per heavy atom. The van der Waals surface area contributed by atoms with Gasteiger partial charge in [-0.05, 0) is 34.4 Å². The van der Waals surface area contributed by atoms with Crippen LogP contribution in [0, 0.1) is 0 Å². The minimum Gasteiger partial charge on any atom is -0.307 e. The topological polar surface area (TPSA) is 30.0 Å². The van der Waals surface area contributed by atoms with Gasteiger partial charge in [-0.1, -0.05) is 115 Å². The molecule has 0 saturated carbocycles. The summed E-state index contributed by atoms with van der Waals surface area (Å²) in [4.78, 5) is 4.50. The summed E-state index contributed by atoms with van der Waals surface area (Å²) in [7, 11) is -3.11. The molecule has 2 nitrogen and oxygen atoms in total. The lowest BCUT2D eigenvalue weighted by Gasteiger charge is -2.19. The zero-order chi connectivity index (χ0) is 21.8. The number of benzene rings is 4. The largest absolute Gasteiger partial charge is 0.307 e. The van der Waals surface area contributed by atoms with Crippen molar-refractivity contribution < 1.29 is 4.57 Å². The van der Waals surface area contributed by atoms with Crippen molar-refractivity contribution in [3.05, 3.63) is 134 Å². The fourth-order valence-corrected chi connectivity index (χ4v) is 6.43. The number of rotatable bonds is 5. The zero-order valence-electron chi connectivity index (χ0n) is 17.5. The molecule has 0 bridgehead atoms. The van der Waals surface area contributed by atoms with Crippen molar-refractivity contribution in [3.63, 3.8) is 0 Å². The third-order valence-corrected chi connectivity index (χ3v) is 8.61. The van der Waals surface area contributed by atoms with Gasteiger partial charge < -0.3 is 4.57 Å². The third-order valence-electron chi connectivity index (χ3n) is 5.65. The van der Waals surface area contributed by atoms with Crippen molar-refractivity contribution in [2.45, 2.75) is 0 Å². The van der Waals surface area contributed by atoms with E-state index in [1.54, 1.807) is 6.20 Å². The van der Waals surface area contributed by atoms with Crippen LogP contribution in [0.15, 0.2) is 134 Å². The Morgan fingerprint density at radius 1 is 0.438 bits per heavy atom. The van der Waals surface area contributed by atoms with E-state index in [0.717, 1.165) is 32.9 Å².